The number of carbonyl (C=O) groups excluding carboxylic acids is 1. The molecule has 0 saturated carbocycles. The SMILES string of the molecule is CCC1=C(C(C)=O)N=CN(C)N1. The van der Waals surface area contributed by atoms with E-state index >= 15 is 0 Å². The van der Waals surface area contributed by atoms with E-state index in [0.29, 0.717) is 5.70 Å². The Kier molecular flexibility index (Phi) is 2.47. The number of aliphatic imine (C=N–C) groups is 1. The number of hydrogen-bond donors (Lipinski definition) is 1. The summed E-state index contributed by atoms with van der Waals surface area (Å²) in [4.78, 5) is 15.1. The van der Waals surface area contributed by atoms with Gasteiger partial charge in [0.2, 0.25) is 0 Å². The highest BCUT2D eigenvalue weighted by molar-refractivity contribution is 5.95. The molecule has 1 rings (SSSR count). The summed E-state index contributed by atoms with van der Waals surface area (Å²) in [5, 5.41) is 1.73. The summed E-state index contributed by atoms with van der Waals surface area (Å²) in [5.41, 5.74) is 4.46. The van der Waals surface area contributed by atoms with Crippen LogP contribution in [-0.4, -0.2) is 24.2 Å². The van der Waals surface area contributed by atoms with Crippen LogP contribution < -0.4 is 5.43 Å². The Morgan fingerprint density at radius 2 is 2.42 bits per heavy atom. The fourth-order valence-corrected chi connectivity index (χ4v) is 1.07. The first-order valence-corrected chi connectivity index (χ1v) is 3.93. The van der Waals surface area contributed by atoms with E-state index in [4.69, 9.17) is 0 Å². The van der Waals surface area contributed by atoms with Gasteiger partial charge in [-0.1, -0.05) is 6.92 Å². The van der Waals surface area contributed by atoms with Crippen molar-refractivity contribution < 1.29 is 4.79 Å². The number of Topliss-reactive ketones (excluding diaryl/α,β-unsaturated/α-hetero) is 1. The highest BCUT2D eigenvalue weighted by Gasteiger charge is 2.13. The van der Waals surface area contributed by atoms with Crippen LogP contribution in [0.3, 0.4) is 0 Å². The van der Waals surface area contributed by atoms with Gasteiger partial charge in [-0.3, -0.25) is 15.2 Å². The maximum atomic E-state index is 11.0. The van der Waals surface area contributed by atoms with Gasteiger partial charge < -0.3 is 0 Å². The van der Waals surface area contributed by atoms with Crippen molar-refractivity contribution in [1.82, 2.24) is 10.4 Å². The molecule has 0 aliphatic carbocycles. The molecule has 0 unspecified atom stereocenters. The number of allylic oxidation sites excluding steroid dienone is 2. The largest absolute Gasteiger partial charge is 0.300 e. The highest BCUT2D eigenvalue weighted by Crippen LogP contribution is 2.11. The smallest absolute Gasteiger partial charge is 0.180 e. The predicted molar refractivity (Wildman–Crippen MR) is 47.4 cm³/mol. The maximum Gasteiger partial charge on any atom is 0.180 e. The number of rotatable bonds is 2. The van der Waals surface area contributed by atoms with Gasteiger partial charge in [0.1, 0.15) is 12.0 Å². The van der Waals surface area contributed by atoms with Crippen LogP contribution in [0.1, 0.15) is 20.3 Å². The summed E-state index contributed by atoms with van der Waals surface area (Å²) in [6.07, 6.45) is 2.38. The lowest BCUT2D eigenvalue weighted by atomic mass is 10.2. The molecule has 12 heavy (non-hydrogen) atoms. The zero-order valence-corrected chi connectivity index (χ0v) is 7.59. The molecule has 66 valence electrons. The molecule has 1 aliphatic heterocycles. The van der Waals surface area contributed by atoms with Crippen molar-refractivity contribution in [1.29, 1.82) is 0 Å². The van der Waals surface area contributed by atoms with Crippen molar-refractivity contribution in [2.45, 2.75) is 20.3 Å². The normalized spacial score (nSPS) is 16.4. The van der Waals surface area contributed by atoms with Crippen LogP contribution in [-0.2, 0) is 4.79 Å². The number of hydrogen-bond acceptors (Lipinski definition) is 4. The zero-order valence-electron chi connectivity index (χ0n) is 7.59. The molecule has 0 radical (unpaired) electrons. The molecule has 0 atom stereocenters. The third-order valence-corrected chi connectivity index (χ3v) is 1.64. The highest BCUT2D eigenvalue weighted by atomic mass is 16.1. The minimum atomic E-state index is 0.00343. The molecule has 1 heterocycles. The van der Waals surface area contributed by atoms with E-state index in [1.807, 2.05) is 14.0 Å². The average Bonchev–Trinajstić information content (AvgIpc) is 2.03. The lowest BCUT2D eigenvalue weighted by molar-refractivity contribution is -0.113. The van der Waals surface area contributed by atoms with Crippen LogP contribution in [0.2, 0.25) is 0 Å². The van der Waals surface area contributed by atoms with Crippen molar-refractivity contribution >= 4 is 12.1 Å². The van der Waals surface area contributed by atoms with Crippen molar-refractivity contribution in [3.05, 3.63) is 11.4 Å². The summed E-state index contributed by atoms with van der Waals surface area (Å²) in [7, 11) is 1.84. The van der Waals surface area contributed by atoms with E-state index in [1.165, 1.54) is 6.92 Å². The standard InChI is InChI=1S/C8H13N3O/c1-4-7-8(6(2)12)9-5-11(3)10-7/h5,10H,4H2,1-3H3. The average molecular weight is 167 g/mol. The van der Waals surface area contributed by atoms with Crippen molar-refractivity contribution in [2.24, 2.45) is 4.99 Å². The second kappa shape index (κ2) is 3.38. The van der Waals surface area contributed by atoms with Gasteiger partial charge in [-0.2, -0.15) is 0 Å². The van der Waals surface area contributed by atoms with E-state index in [-0.39, 0.29) is 5.78 Å². The van der Waals surface area contributed by atoms with Crippen LogP contribution in [0.25, 0.3) is 0 Å². The molecule has 0 saturated heterocycles. The molecule has 0 aromatic heterocycles. The summed E-state index contributed by atoms with van der Waals surface area (Å²) in [5.74, 6) is 0.00343. The Morgan fingerprint density at radius 3 is 2.92 bits per heavy atom. The zero-order chi connectivity index (χ0) is 9.14. The Balaban J connectivity index is 2.93. The van der Waals surface area contributed by atoms with Crippen molar-refractivity contribution in [3.8, 4) is 0 Å². The minimum absolute atomic E-state index is 0.00343. The maximum absolute atomic E-state index is 11.0. The predicted octanol–water partition coefficient (Wildman–Crippen LogP) is 0.675. The molecule has 4 heteroatoms. The number of nitrogens with one attached hydrogen (secondary N) is 1. The number of hydrazine groups is 1. The lowest BCUT2D eigenvalue weighted by Gasteiger charge is -2.23. The topological polar surface area (TPSA) is 44.7 Å². The monoisotopic (exact) mass is 167 g/mol. The number of ketones is 1. The van der Waals surface area contributed by atoms with Gasteiger partial charge in [0.05, 0.1) is 5.70 Å². The molecule has 0 fully saturated rings. The van der Waals surface area contributed by atoms with E-state index in [2.05, 4.69) is 10.4 Å². The van der Waals surface area contributed by atoms with E-state index in [9.17, 15) is 4.79 Å². The molecule has 0 aromatic carbocycles. The summed E-state index contributed by atoms with van der Waals surface area (Å²) < 4.78 is 0. The lowest BCUT2D eigenvalue weighted by Crippen LogP contribution is -2.36. The van der Waals surface area contributed by atoms with Gasteiger partial charge in [-0.15, -0.1) is 0 Å². The Labute approximate surface area is 71.9 Å². The molecule has 0 aromatic rings. The van der Waals surface area contributed by atoms with Crippen LogP contribution >= 0.6 is 0 Å². The van der Waals surface area contributed by atoms with Gasteiger partial charge >= 0.3 is 0 Å². The second-order valence-corrected chi connectivity index (χ2v) is 2.70. The van der Waals surface area contributed by atoms with Crippen LogP contribution in [0.4, 0.5) is 0 Å². The molecule has 0 amide bonds. The van der Waals surface area contributed by atoms with Gasteiger partial charge in [0.15, 0.2) is 5.78 Å². The Hall–Kier alpha value is -1.32. The summed E-state index contributed by atoms with van der Waals surface area (Å²) >= 11 is 0. The summed E-state index contributed by atoms with van der Waals surface area (Å²) in [6, 6.07) is 0. The molecule has 0 bridgehead atoms. The molecular weight excluding hydrogens is 154 g/mol. The van der Waals surface area contributed by atoms with Gasteiger partial charge in [0, 0.05) is 14.0 Å². The number of nitrogens with zero attached hydrogens (tertiary/aromatic N) is 2. The van der Waals surface area contributed by atoms with Crippen LogP contribution in [0, 0.1) is 0 Å². The van der Waals surface area contributed by atoms with Gasteiger partial charge in [-0.25, -0.2) is 4.99 Å². The number of carbonyl (C=O) groups is 1. The third kappa shape index (κ3) is 1.64. The van der Waals surface area contributed by atoms with Gasteiger partial charge in [0.25, 0.3) is 0 Å². The van der Waals surface area contributed by atoms with Crippen LogP contribution in [0.5, 0.6) is 0 Å². The van der Waals surface area contributed by atoms with E-state index in [1.54, 1.807) is 11.3 Å². The van der Waals surface area contributed by atoms with Crippen molar-refractivity contribution in [2.75, 3.05) is 7.05 Å². The third-order valence-electron chi connectivity index (χ3n) is 1.64. The van der Waals surface area contributed by atoms with Crippen LogP contribution in [0.15, 0.2) is 16.4 Å². The molecule has 0 spiro atoms. The summed E-state index contributed by atoms with van der Waals surface area (Å²) in [6.45, 7) is 3.51. The van der Waals surface area contributed by atoms with E-state index < -0.39 is 0 Å². The quantitative estimate of drug-likeness (QED) is 0.657. The second-order valence-electron chi connectivity index (χ2n) is 2.70. The molecular formula is C8H13N3O. The Bertz CT molecular complexity index is 255. The first kappa shape index (κ1) is 8.77. The fraction of sp³-hybridized carbons (Fsp3) is 0.500. The van der Waals surface area contributed by atoms with Gasteiger partial charge in [-0.05, 0) is 6.42 Å². The fourth-order valence-electron chi connectivity index (χ4n) is 1.07. The first-order valence-electron chi connectivity index (χ1n) is 3.93. The molecule has 1 aliphatic rings. The first-order chi connectivity index (χ1) is 5.65. The van der Waals surface area contributed by atoms with Crippen molar-refractivity contribution in [3.63, 3.8) is 0 Å². The minimum Gasteiger partial charge on any atom is -0.300 e. The van der Waals surface area contributed by atoms with E-state index in [0.717, 1.165) is 12.1 Å². The molecule has 4 nitrogen and oxygen atoms in total. The Morgan fingerprint density at radius 1 is 1.75 bits per heavy atom. The molecule has 1 N–H and O–H groups in total.